The van der Waals surface area contributed by atoms with Crippen molar-refractivity contribution in [3.05, 3.63) is 0 Å². The maximum Gasteiger partial charge on any atom is 1.00 e. The number of carbonyl (C=O) groups is 1. The summed E-state index contributed by atoms with van der Waals surface area (Å²) in [6.45, 7) is 5.67. The molecule has 10 heavy (non-hydrogen) atoms. The quantitative estimate of drug-likeness (QED) is 0.348. The van der Waals surface area contributed by atoms with Gasteiger partial charge in [0.1, 0.15) is 0 Å². The van der Waals surface area contributed by atoms with Gasteiger partial charge in [0.05, 0.1) is 19.0 Å². The summed E-state index contributed by atoms with van der Waals surface area (Å²) in [4.78, 5) is 10.1. The van der Waals surface area contributed by atoms with Crippen molar-refractivity contribution >= 4 is 25.6 Å². The van der Waals surface area contributed by atoms with Crippen LogP contribution in [0.5, 0.6) is 0 Å². The SMILES string of the molecule is C[Si](C)(C)C(Cl)C(=O)[O-].[Na+]. The third-order valence-corrected chi connectivity index (χ3v) is 4.87. The molecule has 0 N–H and O–H groups in total. The van der Waals surface area contributed by atoms with Crippen molar-refractivity contribution < 1.29 is 39.5 Å². The van der Waals surface area contributed by atoms with E-state index in [1.807, 2.05) is 19.6 Å². The molecule has 0 saturated heterocycles. The summed E-state index contributed by atoms with van der Waals surface area (Å²) in [6, 6.07) is 0. The van der Waals surface area contributed by atoms with Crippen molar-refractivity contribution in [3.63, 3.8) is 0 Å². The van der Waals surface area contributed by atoms with E-state index >= 15 is 0 Å². The van der Waals surface area contributed by atoms with E-state index in [4.69, 9.17) is 11.6 Å². The Morgan fingerprint density at radius 3 is 1.80 bits per heavy atom. The molecule has 0 fully saturated rings. The number of rotatable bonds is 2. The van der Waals surface area contributed by atoms with Gasteiger partial charge in [0.2, 0.25) is 0 Å². The van der Waals surface area contributed by atoms with Crippen molar-refractivity contribution in [2.24, 2.45) is 0 Å². The second-order valence-electron chi connectivity index (χ2n) is 3.05. The summed E-state index contributed by atoms with van der Waals surface area (Å²) in [5, 5.41) is 9.37. The molecule has 2 nitrogen and oxygen atoms in total. The van der Waals surface area contributed by atoms with Crippen molar-refractivity contribution in [1.82, 2.24) is 0 Å². The van der Waals surface area contributed by atoms with E-state index in [0.29, 0.717) is 0 Å². The first kappa shape index (κ1) is 13.6. The first-order chi connectivity index (χ1) is 3.85. The second-order valence-corrected chi connectivity index (χ2v) is 9.16. The molecule has 0 aliphatic carbocycles. The summed E-state index contributed by atoms with van der Waals surface area (Å²) < 4.78 is 0. The number of halogens is 1. The zero-order valence-corrected chi connectivity index (χ0v) is 10.5. The number of carboxylic acid groups (broad SMARTS) is 1. The average Bonchev–Trinajstić information content (AvgIpc) is 1.62. The van der Waals surface area contributed by atoms with Gasteiger partial charge in [-0.05, 0) is 0 Å². The molecule has 5 heteroatoms. The van der Waals surface area contributed by atoms with Gasteiger partial charge in [-0.25, -0.2) is 0 Å². The predicted octanol–water partition coefficient (Wildman–Crippen LogP) is -2.77. The van der Waals surface area contributed by atoms with Gasteiger partial charge in [0.25, 0.3) is 0 Å². The normalized spacial score (nSPS) is 13.6. The molecule has 0 spiro atoms. The first-order valence-corrected chi connectivity index (χ1v) is 6.72. The molecule has 0 bridgehead atoms. The Hall–Kier alpha value is 0.977. The van der Waals surface area contributed by atoms with Crippen molar-refractivity contribution in [3.8, 4) is 0 Å². The standard InChI is InChI=1S/C5H11ClO2Si.Na/c1-9(2,3)4(6)5(7)8;/h4H,1-3H3,(H,7,8);/q;+1/p-1. The fraction of sp³-hybridized carbons (Fsp3) is 0.800. The third kappa shape index (κ3) is 4.74. The van der Waals surface area contributed by atoms with E-state index in [1.165, 1.54) is 0 Å². The van der Waals surface area contributed by atoms with E-state index in [9.17, 15) is 9.90 Å². The van der Waals surface area contributed by atoms with Gasteiger partial charge < -0.3 is 9.90 Å². The molecule has 0 heterocycles. The van der Waals surface area contributed by atoms with Crippen LogP contribution in [0.15, 0.2) is 0 Å². The molecule has 0 aromatic carbocycles. The van der Waals surface area contributed by atoms with E-state index < -0.39 is 19.0 Å². The molecule has 0 radical (unpaired) electrons. The summed E-state index contributed by atoms with van der Waals surface area (Å²) >= 11 is 5.49. The topological polar surface area (TPSA) is 40.1 Å². The maximum atomic E-state index is 10.1. The second kappa shape index (κ2) is 4.77. The van der Waals surface area contributed by atoms with Crippen LogP contribution in [-0.2, 0) is 4.79 Å². The monoisotopic (exact) mass is 188 g/mol. The Labute approximate surface area is 89.3 Å². The predicted molar refractivity (Wildman–Crippen MR) is 38.0 cm³/mol. The van der Waals surface area contributed by atoms with Crippen LogP contribution in [0.25, 0.3) is 0 Å². The molecule has 0 aromatic heterocycles. The minimum absolute atomic E-state index is 0. The third-order valence-electron chi connectivity index (χ3n) is 0.967. The van der Waals surface area contributed by atoms with Gasteiger partial charge in [0, 0.05) is 0 Å². The molecule has 0 amide bonds. The number of aliphatic carboxylic acids is 1. The molecule has 0 aliphatic heterocycles. The van der Waals surface area contributed by atoms with E-state index in [2.05, 4.69) is 0 Å². The fourth-order valence-electron chi connectivity index (χ4n) is 0.354. The smallest absolute Gasteiger partial charge is 0.549 e. The van der Waals surface area contributed by atoms with Crippen LogP contribution in [0.4, 0.5) is 0 Å². The summed E-state index contributed by atoms with van der Waals surface area (Å²) in [6.07, 6.45) is 0. The number of carbonyl (C=O) groups excluding carboxylic acids is 1. The van der Waals surface area contributed by atoms with E-state index in [1.54, 1.807) is 0 Å². The van der Waals surface area contributed by atoms with Gasteiger partial charge >= 0.3 is 29.6 Å². The number of hydrogen-bond acceptors (Lipinski definition) is 2. The first-order valence-electron chi connectivity index (χ1n) is 2.70. The number of carboxylic acids is 1. The zero-order valence-electron chi connectivity index (χ0n) is 6.77. The molecule has 1 unspecified atom stereocenters. The Balaban J connectivity index is 0. The molecule has 0 saturated carbocycles. The molecular weight excluding hydrogens is 179 g/mol. The van der Waals surface area contributed by atoms with Gasteiger partial charge in [-0.1, -0.05) is 19.6 Å². The maximum absolute atomic E-state index is 10.1. The summed E-state index contributed by atoms with van der Waals surface area (Å²) in [5.41, 5.74) is 0. The van der Waals surface area contributed by atoms with Crippen LogP contribution in [-0.4, -0.2) is 19.0 Å². The molecular formula is C5H10ClNaO2Si. The van der Waals surface area contributed by atoms with Crippen LogP contribution in [0.1, 0.15) is 0 Å². The van der Waals surface area contributed by atoms with Crippen LogP contribution in [0, 0.1) is 0 Å². The van der Waals surface area contributed by atoms with Crippen molar-refractivity contribution in [1.29, 1.82) is 0 Å². The molecule has 0 rings (SSSR count). The zero-order chi connectivity index (χ0) is 7.65. The Morgan fingerprint density at radius 1 is 1.50 bits per heavy atom. The average molecular weight is 189 g/mol. The molecule has 1 atom stereocenters. The fourth-order valence-corrected chi connectivity index (χ4v) is 1.06. The van der Waals surface area contributed by atoms with Gasteiger partial charge in [-0.2, -0.15) is 0 Å². The Kier molecular flexibility index (Phi) is 6.47. The van der Waals surface area contributed by atoms with E-state index in [-0.39, 0.29) is 29.6 Å². The molecule has 54 valence electrons. The van der Waals surface area contributed by atoms with Crippen LogP contribution >= 0.6 is 11.6 Å². The van der Waals surface area contributed by atoms with Crippen molar-refractivity contribution in [2.45, 2.75) is 24.6 Å². The minimum atomic E-state index is -1.72. The van der Waals surface area contributed by atoms with Gasteiger partial charge in [-0.15, -0.1) is 11.6 Å². The van der Waals surface area contributed by atoms with Crippen LogP contribution in [0.3, 0.4) is 0 Å². The van der Waals surface area contributed by atoms with E-state index in [0.717, 1.165) is 0 Å². The molecule has 0 aliphatic rings. The Morgan fingerprint density at radius 2 is 1.80 bits per heavy atom. The number of hydrogen-bond donors (Lipinski definition) is 0. The number of alkyl halides is 1. The van der Waals surface area contributed by atoms with Gasteiger partial charge in [0.15, 0.2) is 0 Å². The largest absolute Gasteiger partial charge is 1.00 e. The van der Waals surface area contributed by atoms with Crippen LogP contribution < -0.4 is 34.7 Å². The summed E-state index contributed by atoms with van der Waals surface area (Å²) in [7, 11) is -1.72. The molecule has 0 aromatic rings. The van der Waals surface area contributed by atoms with Gasteiger partial charge in [-0.3, -0.25) is 0 Å². The Bertz CT molecular complexity index is 123. The van der Waals surface area contributed by atoms with Crippen molar-refractivity contribution in [2.75, 3.05) is 0 Å². The minimum Gasteiger partial charge on any atom is -0.549 e. The van der Waals surface area contributed by atoms with Crippen LogP contribution in [0.2, 0.25) is 19.6 Å². The summed E-state index contributed by atoms with van der Waals surface area (Å²) in [5.74, 6) is -1.14.